The molecule has 0 spiro atoms. The van der Waals surface area contributed by atoms with Crippen molar-refractivity contribution in [2.45, 2.75) is 205 Å². The van der Waals surface area contributed by atoms with Gasteiger partial charge in [-0.05, 0) is 64.2 Å². The summed E-state index contributed by atoms with van der Waals surface area (Å²) in [7, 11) is 0. The second-order valence-electron chi connectivity index (χ2n) is 13.1. The third-order valence-electron chi connectivity index (χ3n) is 8.56. The van der Waals surface area contributed by atoms with Crippen LogP contribution in [0.4, 0.5) is 0 Å². The highest BCUT2D eigenvalue weighted by Gasteiger charge is 2.03. The maximum atomic E-state index is 10.7. The average molecular weight is 621 g/mol. The molecule has 0 aromatic carbocycles. The molecule has 6 heteroatoms. The van der Waals surface area contributed by atoms with Gasteiger partial charge >= 0.3 is 0 Å². The van der Waals surface area contributed by atoms with Gasteiger partial charge in [-0.1, -0.05) is 140 Å². The monoisotopic (exact) mass is 621 g/mol. The summed E-state index contributed by atoms with van der Waals surface area (Å²) in [6.45, 7) is 0. The van der Waals surface area contributed by atoms with E-state index in [0.29, 0.717) is 12.8 Å². The number of amides is 2. The van der Waals surface area contributed by atoms with E-state index in [2.05, 4.69) is 24.3 Å². The van der Waals surface area contributed by atoms with Crippen molar-refractivity contribution in [3.8, 4) is 0 Å². The molecule has 258 valence electrons. The minimum Gasteiger partial charge on any atom is -0.393 e. The Morgan fingerprint density at radius 1 is 0.409 bits per heavy atom. The molecule has 2 atom stereocenters. The number of aliphatic hydroxyl groups excluding tert-OH is 2. The summed E-state index contributed by atoms with van der Waals surface area (Å²) in [6.07, 6.45) is 41.3. The summed E-state index contributed by atoms with van der Waals surface area (Å²) < 4.78 is 0. The van der Waals surface area contributed by atoms with Crippen molar-refractivity contribution >= 4 is 11.8 Å². The van der Waals surface area contributed by atoms with Gasteiger partial charge in [0, 0.05) is 12.8 Å². The SMILES string of the molecule is NC(=O)CCCCCCC/C=C\CC(O)CCCCCCCCCCCCCCC(O)C/C=C\CCCCCCCC(N)=O. The Bertz CT molecular complexity index is 636. The first-order valence-corrected chi connectivity index (χ1v) is 18.6. The normalized spacial score (nSPS) is 13.2. The van der Waals surface area contributed by atoms with E-state index in [0.717, 1.165) is 77.0 Å². The molecular weight excluding hydrogens is 548 g/mol. The van der Waals surface area contributed by atoms with Gasteiger partial charge < -0.3 is 21.7 Å². The van der Waals surface area contributed by atoms with Crippen molar-refractivity contribution in [3.63, 3.8) is 0 Å². The highest BCUT2D eigenvalue weighted by Crippen LogP contribution is 2.16. The molecule has 0 aliphatic carbocycles. The van der Waals surface area contributed by atoms with Crippen LogP contribution in [0.1, 0.15) is 193 Å². The van der Waals surface area contributed by atoms with Crippen molar-refractivity contribution < 1.29 is 19.8 Å². The minimum atomic E-state index is -0.195. The summed E-state index contributed by atoms with van der Waals surface area (Å²) in [6, 6.07) is 0. The number of hydrogen-bond donors (Lipinski definition) is 4. The molecule has 0 aromatic heterocycles. The Hall–Kier alpha value is -1.66. The molecule has 0 fully saturated rings. The Balaban J connectivity index is 3.31. The topological polar surface area (TPSA) is 127 Å². The zero-order chi connectivity index (χ0) is 32.4. The van der Waals surface area contributed by atoms with Gasteiger partial charge in [-0.25, -0.2) is 0 Å². The summed E-state index contributed by atoms with van der Waals surface area (Å²) in [5.41, 5.74) is 10.3. The number of hydrogen-bond acceptors (Lipinski definition) is 4. The van der Waals surface area contributed by atoms with Crippen LogP contribution in [0, 0.1) is 0 Å². The molecule has 0 saturated carbocycles. The Labute approximate surface area is 271 Å². The highest BCUT2D eigenvalue weighted by atomic mass is 16.3. The van der Waals surface area contributed by atoms with Crippen LogP contribution in [0.2, 0.25) is 0 Å². The third kappa shape index (κ3) is 36.5. The van der Waals surface area contributed by atoms with E-state index < -0.39 is 0 Å². The van der Waals surface area contributed by atoms with Gasteiger partial charge in [-0.3, -0.25) is 9.59 Å². The maximum absolute atomic E-state index is 10.7. The van der Waals surface area contributed by atoms with Crippen molar-refractivity contribution in [3.05, 3.63) is 24.3 Å². The van der Waals surface area contributed by atoms with Gasteiger partial charge in [-0.15, -0.1) is 0 Å². The molecule has 0 heterocycles. The predicted octanol–water partition coefficient (Wildman–Crippen LogP) is 9.49. The molecule has 6 nitrogen and oxygen atoms in total. The van der Waals surface area contributed by atoms with Crippen LogP contribution in [0.5, 0.6) is 0 Å². The molecule has 6 N–H and O–H groups in total. The Morgan fingerprint density at radius 3 is 1.00 bits per heavy atom. The van der Waals surface area contributed by atoms with E-state index in [1.807, 2.05) is 0 Å². The van der Waals surface area contributed by atoms with Crippen LogP contribution < -0.4 is 11.5 Å². The maximum Gasteiger partial charge on any atom is 0.217 e. The van der Waals surface area contributed by atoms with Crippen molar-refractivity contribution in [2.24, 2.45) is 11.5 Å². The van der Waals surface area contributed by atoms with E-state index in [1.165, 1.54) is 103 Å². The molecule has 2 unspecified atom stereocenters. The lowest BCUT2D eigenvalue weighted by Gasteiger charge is -2.08. The molecule has 0 saturated heterocycles. The number of allylic oxidation sites excluding steroid dienone is 2. The van der Waals surface area contributed by atoms with Crippen molar-refractivity contribution in [1.82, 2.24) is 0 Å². The van der Waals surface area contributed by atoms with Gasteiger partial charge in [0.05, 0.1) is 12.2 Å². The highest BCUT2D eigenvalue weighted by molar-refractivity contribution is 5.73. The summed E-state index contributed by atoms with van der Waals surface area (Å²) in [5, 5.41) is 20.4. The van der Waals surface area contributed by atoms with Gasteiger partial charge in [0.15, 0.2) is 0 Å². The fraction of sp³-hybridized carbons (Fsp3) is 0.842. The second-order valence-corrected chi connectivity index (χ2v) is 13.1. The van der Waals surface area contributed by atoms with E-state index in [9.17, 15) is 19.8 Å². The lowest BCUT2D eigenvalue weighted by Crippen LogP contribution is -2.09. The van der Waals surface area contributed by atoms with Crippen LogP contribution >= 0.6 is 0 Å². The van der Waals surface area contributed by atoms with E-state index >= 15 is 0 Å². The number of unbranched alkanes of at least 4 members (excludes halogenated alkanes) is 21. The number of carbonyl (C=O) groups is 2. The fourth-order valence-electron chi connectivity index (χ4n) is 5.69. The lowest BCUT2D eigenvalue weighted by molar-refractivity contribution is -0.119. The van der Waals surface area contributed by atoms with Crippen LogP contribution in [-0.4, -0.2) is 34.2 Å². The molecular formula is C38H72N2O4. The number of carbonyl (C=O) groups excluding carboxylic acids is 2. The molecule has 0 aliphatic heterocycles. The first kappa shape index (κ1) is 42.3. The Kier molecular flexibility index (Phi) is 32.9. The number of primary amides is 2. The van der Waals surface area contributed by atoms with Crippen LogP contribution in [-0.2, 0) is 9.59 Å². The zero-order valence-corrected chi connectivity index (χ0v) is 28.5. The molecule has 0 radical (unpaired) electrons. The molecule has 0 rings (SSSR count). The third-order valence-corrected chi connectivity index (χ3v) is 8.56. The number of aliphatic hydroxyl groups is 2. The summed E-state index contributed by atoms with van der Waals surface area (Å²) >= 11 is 0. The molecule has 0 aliphatic rings. The van der Waals surface area contributed by atoms with E-state index in [4.69, 9.17) is 11.5 Å². The van der Waals surface area contributed by atoms with E-state index in [1.54, 1.807) is 0 Å². The smallest absolute Gasteiger partial charge is 0.217 e. The van der Waals surface area contributed by atoms with Gasteiger partial charge in [0.25, 0.3) is 0 Å². The zero-order valence-electron chi connectivity index (χ0n) is 28.5. The largest absolute Gasteiger partial charge is 0.393 e. The predicted molar refractivity (Wildman–Crippen MR) is 187 cm³/mol. The van der Waals surface area contributed by atoms with Crippen molar-refractivity contribution in [1.29, 1.82) is 0 Å². The standard InChI is InChI=1S/C38H72N2O4/c39-37(43)33-27-21-15-9-7-13-19-25-31-35(41)29-23-17-11-5-3-1-2-4-6-12-18-24-30-36(42)32-26-20-14-8-10-16-22-28-34-38(40)44/h19-20,25-26,35-36,41-42H,1-18,21-24,27-34H2,(H2,39,43)(H2,40,44)/b25-19-,26-20-. The molecule has 0 aromatic rings. The van der Waals surface area contributed by atoms with Crippen LogP contribution in [0.15, 0.2) is 24.3 Å². The van der Waals surface area contributed by atoms with Gasteiger partial charge in [0.2, 0.25) is 11.8 Å². The molecule has 44 heavy (non-hydrogen) atoms. The molecule has 0 bridgehead atoms. The van der Waals surface area contributed by atoms with E-state index in [-0.39, 0.29) is 24.0 Å². The number of rotatable bonds is 35. The summed E-state index contributed by atoms with van der Waals surface area (Å²) in [5.74, 6) is -0.388. The first-order valence-electron chi connectivity index (χ1n) is 18.6. The van der Waals surface area contributed by atoms with Gasteiger partial charge in [-0.2, -0.15) is 0 Å². The fourth-order valence-corrected chi connectivity index (χ4v) is 5.69. The second kappa shape index (κ2) is 34.2. The lowest BCUT2D eigenvalue weighted by atomic mass is 10.0. The summed E-state index contributed by atoms with van der Waals surface area (Å²) in [4.78, 5) is 21.4. The van der Waals surface area contributed by atoms with Crippen molar-refractivity contribution in [2.75, 3.05) is 0 Å². The molecule has 2 amide bonds. The van der Waals surface area contributed by atoms with Crippen LogP contribution in [0.25, 0.3) is 0 Å². The number of nitrogens with two attached hydrogens (primary N) is 2. The Morgan fingerprint density at radius 2 is 0.682 bits per heavy atom. The quantitative estimate of drug-likeness (QED) is 0.0416. The first-order chi connectivity index (χ1) is 21.4. The average Bonchev–Trinajstić information content (AvgIpc) is 2.98. The van der Waals surface area contributed by atoms with Gasteiger partial charge in [0.1, 0.15) is 0 Å². The minimum absolute atomic E-state index is 0.194. The van der Waals surface area contributed by atoms with Crippen LogP contribution in [0.3, 0.4) is 0 Å².